The van der Waals surface area contributed by atoms with Gasteiger partial charge in [0.2, 0.25) is 0 Å². The Morgan fingerprint density at radius 2 is 1.93 bits per heavy atom. The zero-order valence-corrected chi connectivity index (χ0v) is 9.49. The maximum atomic E-state index is 12.2. The summed E-state index contributed by atoms with van der Waals surface area (Å²) in [5, 5.41) is 0. The second-order valence-corrected chi connectivity index (χ2v) is 4.86. The Morgan fingerprint density at radius 1 is 1.27 bits per heavy atom. The molecule has 0 aliphatic heterocycles. The van der Waals surface area contributed by atoms with Crippen LogP contribution < -0.4 is 0 Å². The molecule has 1 aliphatic carbocycles. The third-order valence-electron chi connectivity index (χ3n) is 3.72. The number of hydrogen-bond donors (Lipinski definition) is 0. The molecule has 0 saturated heterocycles. The van der Waals surface area contributed by atoms with E-state index >= 15 is 0 Å². The highest BCUT2D eigenvalue weighted by molar-refractivity contribution is 5.92. The zero-order chi connectivity index (χ0) is 10.9. The molecule has 2 atom stereocenters. The quantitative estimate of drug-likeness (QED) is 0.682. The van der Waals surface area contributed by atoms with Crippen LogP contribution >= 0.6 is 0 Å². The van der Waals surface area contributed by atoms with Crippen LogP contribution in [0.2, 0.25) is 0 Å². The Hall–Kier alpha value is -1.11. The molecule has 2 unspecified atom stereocenters. The van der Waals surface area contributed by atoms with E-state index in [0.29, 0.717) is 5.78 Å². The van der Waals surface area contributed by atoms with Gasteiger partial charge in [0.1, 0.15) is 5.78 Å². The van der Waals surface area contributed by atoms with Crippen molar-refractivity contribution in [3.8, 4) is 0 Å². The average Bonchev–Trinajstić information content (AvgIpc) is 2.27. The smallest absolute Gasteiger partial charge is 0.145 e. The number of hydrogen-bond acceptors (Lipinski definition) is 1. The Labute approximate surface area is 91.5 Å². The molecular formula is C14H18O. The molecule has 15 heavy (non-hydrogen) atoms. The lowest BCUT2D eigenvalue weighted by atomic mass is 9.66. The summed E-state index contributed by atoms with van der Waals surface area (Å²) < 4.78 is 0. The predicted molar refractivity (Wildman–Crippen MR) is 61.8 cm³/mol. The minimum atomic E-state index is -0.237. The van der Waals surface area contributed by atoms with E-state index in [-0.39, 0.29) is 11.3 Å². The summed E-state index contributed by atoms with van der Waals surface area (Å²) in [6.07, 6.45) is 3.22. The Balaban J connectivity index is 2.37. The van der Waals surface area contributed by atoms with Crippen LogP contribution in [0.3, 0.4) is 0 Å². The molecule has 1 nitrogen and oxygen atoms in total. The van der Waals surface area contributed by atoms with Crippen molar-refractivity contribution in [2.24, 2.45) is 5.92 Å². The molecule has 2 rings (SSSR count). The molecule has 0 radical (unpaired) electrons. The molecule has 0 heterocycles. The molecule has 1 aromatic rings. The molecule has 1 heteroatoms. The van der Waals surface area contributed by atoms with Gasteiger partial charge < -0.3 is 0 Å². The summed E-state index contributed by atoms with van der Waals surface area (Å²) in [5.74, 6) is 0.643. The van der Waals surface area contributed by atoms with Crippen molar-refractivity contribution in [1.29, 1.82) is 0 Å². The molecule has 0 bridgehead atoms. The Kier molecular flexibility index (Phi) is 2.64. The maximum absolute atomic E-state index is 12.2. The lowest BCUT2D eigenvalue weighted by Gasteiger charge is -2.35. The minimum Gasteiger partial charge on any atom is -0.298 e. The number of Topliss-reactive ketones (excluding diaryl/α,β-unsaturated/α-hetero) is 1. The van der Waals surface area contributed by atoms with Gasteiger partial charge in [0.05, 0.1) is 5.41 Å². The molecule has 0 N–H and O–H groups in total. The highest BCUT2D eigenvalue weighted by atomic mass is 16.1. The molecular weight excluding hydrogens is 184 g/mol. The van der Waals surface area contributed by atoms with Crippen LogP contribution in [-0.4, -0.2) is 5.78 Å². The molecule has 80 valence electrons. The fourth-order valence-corrected chi connectivity index (χ4v) is 2.65. The standard InChI is InChI=1S/C14H18O/c1-11-7-6-10-14(2,13(11)15)12-8-4-3-5-9-12/h3-5,8-9,11H,6-7,10H2,1-2H3. The third kappa shape index (κ3) is 1.71. The highest BCUT2D eigenvalue weighted by Gasteiger charge is 2.40. The van der Waals surface area contributed by atoms with Crippen molar-refractivity contribution in [3.05, 3.63) is 35.9 Å². The lowest BCUT2D eigenvalue weighted by Crippen LogP contribution is -2.40. The molecule has 1 fully saturated rings. The average molecular weight is 202 g/mol. The molecule has 0 aromatic heterocycles. The first-order chi connectivity index (χ1) is 7.14. The molecule has 1 aliphatic rings. The van der Waals surface area contributed by atoms with Gasteiger partial charge in [0.15, 0.2) is 0 Å². The number of carbonyl (C=O) groups is 1. The van der Waals surface area contributed by atoms with Crippen molar-refractivity contribution in [1.82, 2.24) is 0 Å². The van der Waals surface area contributed by atoms with Crippen molar-refractivity contribution in [2.75, 3.05) is 0 Å². The van der Waals surface area contributed by atoms with E-state index in [1.165, 1.54) is 5.56 Å². The molecule has 1 aromatic carbocycles. The van der Waals surface area contributed by atoms with E-state index < -0.39 is 0 Å². The van der Waals surface area contributed by atoms with Gasteiger partial charge in [-0.1, -0.05) is 43.7 Å². The first kappa shape index (κ1) is 10.4. The van der Waals surface area contributed by atoms with Gasteiger partial charge in [0.25, 0.3) is 0 Å². The van der Waals surface area contributed by atoms with Crippen LogP contribution in [0.1, 0.15) is 38.7 Å². The summed E-state index contributed by atoms with van der Waals surface area (Å²) in [7, 11) is 0. The topological polar surface area (TPSA) is 17.1 Å². The van der Waals surface area contributed by atoms with E-state index in [1.54, 1.807) is 0 Å². The monoisotopic (exact) mass is 202 g/mol. The second kappa shape index (κ2) is 3.80. The van der Waals surface area contributed by atoms with Crippen LogP contribution in [0, 0.1) is 5.92 Å². The van der Waals surface area contributed by atoms with Crippen LogP contribution in [-0.2, 0) is 10.2 Å². The Bertz CT molecular complexity index is 355. The fourth-order valence-electron chi connectivity index (χ4n) is 2.65. The highest BCUT2D eigenvalue weighted by Crippen LogP contribution is 2.38. The van der Waals surface area contributed by atoms with E-state index in [2.05, 4.69) is 26.0 Å². The number of rotatable bonds is 1. The number of carbonyl (C=O) groups excluding carboxylic acids is 1. The summed E-state index contributed by atoms with van der Waals surface area (Å²) in [6, 6.07) is 10.2. The summed E-state index contributed by atoms with van der Waals surface area (Å²) in [4.78, 5) is 12.2. The van der Waals surface area contributed by atoms with E-state index in [1.807, 2.05) is 18.2 Å². The summed E-state index contributed by atoms with van der Waals surface area (Å²) in [6.45, 7) is 4.16. The molecule has 0 amide bonds. The van der Waals surface area contributed by atoms with Gasteiger partial charge in [-0.05, 0) is 25.3 Å². The van der Waals surface area contributed by atoms with Crippen LogP contribution in [0.25, 0.3) is 0 Å². The van der Waals surface area contributed by atoms with Gasteiger partial charge in [-0.15, -0.1) is 0 Å². The second-order valence-electron chi connectivity index (χ2n) is 4.86. The maximum Gasteiger partial charge on any atom is 0.145 e. The lowest BCUT2D eigenvalue weighted by molar-refractivity contribution is -0.129. The van der Waals surface area contributed by atoms with Gasteiger partial charge in [-0.25, -0.2) is 0 Å². The van der Waals surface area contributed by atoms with Gasteiger partial charge in [-0.3, -0.25) is 4.79 Å². The number of ketones is 1. The molecule has 1 saturated carbocycles. The summed E-state index contributed by atoms with van der Waals surface area (Å²) >= 11 is 0. The van der Waals surface area contributed by atoms with Crippen molar-refractivity contribution < 1.29 is 4.79 Å². The first-order valence-corrected chi connectivity index (χ1v) is 5.74. The fraction of sp³-hybridized carbons (Fsp3) is 0.500. The van der Waals surface area contributed by atoms with E-state index in [4.69, 9.17) is 0 Å². The van der Waals surface area contributed by atoms with Crippen molar-refractivity contribution in [3.63, 3.8) is 0 Å². The largest absolute Gasteiger partial charge is 0.298 e. The van der Waals surface area contributed by atoms with Gasteiger partial charge in [0, 0.05) is 5.92 Å². The van der Waals surface area contributed by atoms with E-state index in [9.17, 15) is 4.79 Å². The summed E-state index contributed by atoms with van der Waals surface area (Å²) in [5.41, 5.74) is 0.945. The van der Waals surface area contributed by atoms with Crippen LogP contribution in [0.15, 0.2) is 30.3 Å². The normalized spacial score (nSPS) is 31.6. The Morgan fingerprint density at radius 3 is 2.60 bits per heavy atom. The SMILES string of the molecule is CC1CCCC(C)(c2ccccc2)C1=O. The predicted octanol–water partition coefficient (Wildman–Crippen LogP) is 3.33. The van der Waals surface area contributed by atoms with E-state index in [0.717, 1.165) is 19.3 Å². The third-order valence-corrected chi connectivity index (χ3v) is 3.72. The van der Waals surface area contributed by atoms with Crippen molar-refractivity contribution >= 4 is 5.78 Å². The van der Waals surface area contributed by atoms with Crippen molar-refractivity contribution in [2.45, 2.75) is 38.5 Å². The van der Waals surface area contributed by atoms with Crippen LogP contribution in [0.5, 0.6) is 0 Å². The first-order valence-electron chi connectivity index (χ1n) is 5.74. The minimum absolute atomic E-state index is 0.226. The van der Waals surface area contributed by atoms with Gasteiger partial charge >= 0.3 is 0 Å². The zero-order valence-electron chi connectivity index (χ0n) is 9.49. The van der Waals surface area contributed by atoms with Crippen LogP contribution in [0.4, 0.5) is 0 Å². The molecule has 0 spiro atoms. The number of benzene rings is 1. The van der Waals surface area contributed by atoms with Gasteiger partial charge in [-0.2, -0.15) is 0 Å².